The van der Waals surface area contributed by atoms with E-state index in [0.717, 1.165) is 78.3 Å². The van der Waals surface area contributed by atoms with E-state index in [1.165, 1.54) is 0 Å². The maximum Gasteiger partial charge on any atom is 0.252 e. The van der Waals surface area contributed by atoms with Crippen LogP contribution in [-0.2, 0) is 0 Å². The Morgan fingerprint density at radius 2 is 2.12 bits per heavy atom. The van der Waals surface area contributed by atoms with Crippen molar-refractivity contribution in [3.05, 3.63) is 41.0 Å². The van der Waals surface area contributed by atoms with Gasteiger partial charge in [0.2, 0.25) is 5.95 Å². The van der Waals surface area contributed by atoms with Crippen molar-refractivity contribution in [3.63, 3.8) is 0 Å². The fraction of sp³-hybridized carbons (Fsp3) is 0.458. The van der Waals surface area contributed by atoms with Crippen LogP contribution in [0.25, 0.3) is 20.7 Å². The first-order valence-electron chi connectivity index (χ1n) is 11.5. The number of piperidine rings is 1. The molecule has 1 aliphatic heterocycles. The van der Waals surface area contributed by atoms with E-state index in [9.17, 15) is 4.79 Å². The summed E-state index contributed by atoms with van der Waals surface area (Å²) in [6.45, 7) is 5.11. The highest BCUT2D eigenvalue weighted by Crippen LogP contribution is 2.38. The van der Waals surface area contributed by atoms with Crippen LogP contribution in [-0.4, -0.2) is 47.6 Å². The number of aromatic nitrogens is 2. The monoisotopic (exact) mass is 541 g/mol. The normalized spacial score (nSPS) is 17.5. The molecule has 2 aliphatic rings. The van der Waals surface area contributed by atoms with Crippen LogP contribution in [0.5, 0.6) is 0 Å². The second-order valence-corrected chi connectivity index (χ2v) is 10.1. The van der Waals surface area contributed by atoms with Gasteiger partial charge in [-0.25, -0.2) is 9.97 Å². The number of rotatable bonds is 7. The Labute approximate surface area is 221 Å². The number of hydrogen-bond acceptors (Lipinski definition) is 6. The third-order valence-corrected chi connectivity index (χ3v) is 7.50. The van der Waals surface area contributed by atoms with E-state index in [4.69, 9.17) is 16.6 Å². The molecular weight excluding hydrogens is 513 g/mol. The molecule has 1 unspecified atom stereocenters. The minimum atomic E-state index is -0.00385. The van der Waals surface area contributed by atoms with Crippen LogP contribution >= 0.6 is 47.8 Å². The molecule has 3 heterocycles. The van der Waals surface area contributed by atoms with Crippen LogP contribution < -0.4 is 15.5 Å². The topological polar surface area (TPSA) is 70.2 Å². The number of fused-ring (bicyclic) bond motifs is 1. The van der Waals surface area contributed by atoms with Gasteiger partial charge in [0.15, 0.2) is 0 Å². The predicted molar refractivity (Wildman–Crippen MR) is 146 cm³/mol. The lowest BCUT2D eigenvalue weighted by atomic mass is 10.1. The SMILES string of the molecule is CCCN(c1ncc(Cl)c(-c2cc3c(C(=O)NC4CC4)cccc3s2)n1)C1CCCNC1.Cl.Cl. The molecule has 0 spiro atoms. The maximum absolute atomic E-state index is 12.7. The quantitative estimate of drug-likeness (QED) is 0.400. The third kappa shape index (κ3) is 5.77. The molecule has 5 rings (SSSR count). The highest BCUT2D eigenvalue weighted by molar-refractivity contribution is 7.22. The molecule has 184 valence electrons. The fourth-order valence-corrected chi connectivity index (χ4v) is 5.66. The molecule has 34 heavy (non-hydrogen) atoms. The van der Waals surface area contributed by atoms with Gasteiger partial charge in [-0.15, -0.1) is 36.2 Å². The van der Waals surface area contributed by atoms with Crippen molar-refractivity contribution in [2.24, 2.45) is 0 Å². The van der Waals surface area contributed by atoms with Crippen molar-refractivity contribution < 1.29 is 4.79 Å². The Hall–Kier alpha value is -1.64. The smallest absolute Gasteiger partial charge is 0.252 e. The van der Waals surface area contributed by atoms with Gasteiger partial charge >= 0.3 is 0 Å². The average molecular weight is 543 g/mol. The van der Waals surface area contributed by atoms with Gasteiger partial charge in [-0.3, -0.25) is 4.79 Å². The van der Waals surface area contributed by atoms with Crippen LogP contribution in [0, 0.1) is 0 Å². The number of hydrogen-bond donors (Lipinski definition) is 2. The minimum absolute atomic E-state index is 0. The van der Waals surface area contributed by atoms with Gasteiger partial charge in [0.25, 0.3) is 5.91 Å². The summed E-state index contributed by atoms with van der Waals surface area (Å²) in [4.78, 5) is 25.5. The lowest BCUT2D eigenvalue weighted by Crippen LogP contribution is -2.47. The van der Waals surface area contributed by atoms with Crippen molar-refractivity contribution in [2.75, 3.05) is 24.5 Å². The molecule has 0 radical (unpaired) electrons. The minimum Gasteiger partial charge on any atom is -0.349 e. The van der Waals surface area contributed by atoms with Crippen LogP contribution in [0.3, 0.4) is 0 Å². The largest absolute Gasteiger partial charge is 0.349 e. The molecule has 1 aliphatic carbocycles. The van der Waals surface area contributed by atoms with Gasteiger partial charge < -0.3 is 15.5 Å². The zero-order valence-corrected chi connectivity index (χ0v) is 22.3. The maximum atomic E-state index is 12.7. The Kier molecular flexibility index (Phi) is 9.41. The number of amides is 1. The molecular formula is C24H30Cl3N5OS. The average Bonchev–Trinajstić information content (AvgIpc) is 3.52. The lowest BCUT2D eigenvalue weighted by molar-refractivity contribution is 0.0953. The van der Waals surface area contributed by atoms with E-state index >= 15 is 0 Å². The van der Waals surface area contributed by atoms with E-state index in [-0.39, 0.29) is 30.7 Å². The van der Waals surface area contributed by atoms with Crippen molar-refractivity contribution in [2.45, 2.75) is 51.1 Å². The first-order chi connectivity index (χ1) is 15.6. The second-order valence-electron chi connectivity index (χ2n) is 8.64. The molecule has 2 N–H and O–H groups in total. The molecule has 3 aromatic rings. The number of thiophene rings is 1. The van der Waals surface area contributed by atoms with Crippen LogP contribution in [0.4, 0.5) is 5.95 Å². The standard InChI is InChI=1S/C24H28ClN5OS.2ClH/c1-2-11-30(16-5-4-10-26-13-16)24-27-14-19(25)22(29-24)21-12-18-17(6-3-7-20(18)32-21)23(31)28-15-8-9-15;;/h3,6-7,12,14-16,26H,2,4-5,8-11,13H2,1H3,(H,28,31);2*1H. The van der Waals surface area contributed by atoms with Crippen LogP contribution in [0.1, 0.15) is 49.4 Å². The number of halogens is 3. The van der Waals surface area contributed by atoms with E-state index in [0.29, 0.717) is 22.7 Å². The second kappa shape index (κ2) is 11.9. The zero-order chi connectivity index (χ0) is 22.1. The number of nitrogens with one attached hydrogen (secondary N) is 2. The number of benzene rings is 1. The molecule has 2 aromatic heterocycles. The lowest BCUT2D eigenvalue weighted by Gasteiger charge is -2.34. The molecule has 10 heteroatoms. The molecule has 6 nitrogen and oxygen atoms in total. The van der Waals surface area contributed by atoms with Gasteiger partial charge in [0.1, 0.15) is 5.69 Å². The van der Waals surface area contributed by atoms with Crippen molar-refractivity contribution in [1.29, 1.82) is 0 Å². The van der Waals surface area contributed by atoms with Crippen LogP contribution in [0.15, 0.2) is 30.5 Å². The number of carbonyl (C=O) groups excluding carboxylic acids is 1. The number of nitrogens with zero attached hydrogens (tertiary/aromatic N) is 3. The Morgan fingerprint density at radius 1 is 1.29 bits per heavy atom. The van der Waals surface area contributed by atoms with E-state index in [1.807, 2.05) is 24.3 Å². The summed E-state index contributed by atoms with van der Waals surface area (Å²) in [6.07, 6.45) is 7.18. The fourth-order valence-electron chi connectivity index (χ4n) is 4.32. The molecule has 1 saturated heterocycles. The highest BCUT2D eigenvalue weighted by Gasteiger charge is 2.26. The Bertz CT molecular complexity index is 1130. The van der Waals surface area contributed by atoms with E-state index in [2.05, 4.69) is 27.4 Å². The molecule has 1 saturated carbocycles. The summed E-state index contributed by atoms with van der Waals surface area (Å²) in [5.74, 6) is 0.722. The van der Waals surface area contributed by atoms with Gasteiger partial charge in [-0.05, 0) is 56.8 Å². The molecule has 2 fully saturated rings. The Morgan fingerprint density at radius 3 is 2.82 bits per heavy atom. The summed E-state index contributed by atoms with van der Waals surface area (Å²) in [5, 5.41) is 8.07. The van der Waals surface area contributed by atoms with Crippen molar-refractivity contribution in [3.8, 4) is 10.6 Å². The number of anilines is 1. The molecule has 1 amide bonds. The third-order valence-electron chi connectivity index (χ3n) is 6.12. The number of carbonyl (C=O) groups is 1. The molecule has 0 bridgehead atoms. The van der Waals surface area contributed by atoms with Crippen molar-refractivity contribution in [1.82, 2.24) is 20.6 Å². The van der Waals surface area contributed by atoms with Crippen LogP contribution in [0.2, 0.25) is 5.02 Å². The summed E-state index contributed by atoms with van der Waals surface area (Å²) >= 11 is 8.19. The summed E-state index contributed by atoms with van der Waals surface area (Å²) < 4.78 is 1.06. The zero-order valence-electron chi connectivity index (χ0n) is 19.1. The highest BCUT2D eigenvalue weighted by atomic mass is 35.5. The van der Waals surface area contributed by atoms with E-state index in [1.54, 1.807) is 17.5 Å². The Balaban J connectivity index is 0.00000162. The summed E-state index contributed by atoms with van der Waals surface area (Å²) in [6, 6.07) is 8.64. The first kappa shape index (κ1) is 27.0. The molecule has 1 aromatic carbocycles. The van der Waals surface area contributed by atoms with Crippen molar-refractivity contribution >= 4 is 69.7 Å². The van der Waals surface area contributed by atoms with Gasteiger partial charge in [0, 0.05) is 40.8 Å². The first-order valence-corrected chi connectivity index (χ1v) is 12.7. The summed E-state index contributed by atoms with van der Waals surface area (Å²) in [5.41, 5.74) is 1.44. The van der Waals surface area contributed by atoms with E-state index < -0.39 is 0 Å². The predicted octanol–water partition coefficient (Wildman–Crippen LogP) is 5.72. The van der Waals surface area contributed by atoms with Gasteiger partial charge in [-0.2, -0.15) is 0 Å². The van der Waals surface area contributed by atoms with Gasteiger partial charge in [-0.1, -0.05) is 24.6 Å². The summed E-state index contributed by atoms with van der Waals surface area (Å²) in [7, 11) is 0. The van der Waals surface area contributed by atoms with Gasteiger partial charge in [0.05, 0.1) is 16.1 Å². The molecule has 1 atom stereocenters.